The second kappa shape index (κ2) is 4.39. The third kappa shape index (κ3) is 2.08. The number of nitrogens with one attached hydrogen (secondary N) is 1. The Balaban J connectivity index is 2.15. The first kappa shape index (κ1) is 10.7. The smallest absolute Gasteiger partial charge is 0.153 e. The van der Waals surface area contributed by atoms with E-state index in [0.29, 0.717) is 0 Å². The van der Waals surface area contributed by atoms with Gasteiger partial charge in [0.05, 0.1) is 0 Å². The number of benzene rings is 1. The Kier molecular flexibility index (Phi) is 2.95. The van der Waals surface area contributed by atoms with Crippen molar-refractivity contribution in [3.05, 3.63) is 47.2 Å². The van der Waals surface area contributed by atoms with Crippen molar-refractivity contribution in [2.45, 2.75) is 20.4 Å². The third-order valence-electron chi connectivity index (χ3n) is 2.85. The van der Waals surface area contributed by atoms with Crippen LogP contribution in [-0.4, -0.2) is 17.2 Å². The zero-order valence-corrected chi connectivity index (χ0v) is 9.99. The average Bonchev–Trinajstić information content (AvgIpc) is 2.61. The predicted octanol–water partition coefficient (Wildman–Crippen LogP) is 2.66. The summed E-state index contributed by atoms with van der Waals surface area (Å²) in [4.78, 5) is 2.16. The summed E-state index contributed by atoms with van der Waals surface area (Å²) < 4.78 is 0. The van der Waals surface area contributed by atoms with Gasteiger partial charge >= 0.3 is 0 Å². The Morgan fingerprint density at radius 1 is 1.19 bits per heavy atom. The van der Waals surface area contributed by atoms with Crippen molar-refractivity contribution >= 4 is 5.82 Å². The molecule has 1 N–H and O–H groups in total. The van der Waals surface area contributed by atoms with E-state index in [2.05, 4.69) is 53.3 Å². The molecule has 0 radical (unpaired) electrons. The quantitative estimate of drug-likeness (QED) is 0.853. The molecule has 3 nitrogen and oxygen atoms in total. The van der Waals surface area contributed by atoms with E-state index in [9.17, 15) is 0 Å². The zero-order valence-electron chi connectivity index (χ0n) is 9.99. The molecule has 2 rings (SSSR count). The van der Waals surface area contributed by atoms with Crippen LogP contribution in [0.3, 0.4) is 0 Å². The molecule has 0 unspecified atom stereocenters. The normalized spacial score (nSPS) is 10.4. The van der Waals surface area contributed by atoms with Crippen LogP contribution in [0.25, 0.3) is 0 Å². The van der Waals surface area contributed by atoms with Gasteiger partial charge in [0.25, 0.3) is 0 Å². The number of hydrogen-bond donors (Lipinski definition) is 1. The number of rotatable bonds is 3. The summed E-state index contributed by atoms with van der Waals surface area (Å²) in [5.74, 6) is 1.03. The molecule has 2 aromatic rings. The van der Waals surface area contributed by atoms with Crippen molar-refractivity contribution in [2.24, 2.45) is 0 Å². The van der Waals surface area contributed by atoms with Crippen LogP contribution in [0.1, 0.15) is 16.8 Å². The average molecular weight is 215 g/mol. The van der Waals surface area contributed by atoms with Gasteiger partial charge in [-0.3, -0.25) is 5.10 Å². The summed E-state index contributed by atoms with van der Waals surface area (Å²) >= 11 is 0. The van der Waals surface area contributed by atoms with E-state index < -0.39 is 0 Å². The van der Waals surface area contributed by atoms with Crippen molar-refractivity contribution in [1.82, 2.24) is 10.2 Å². The molecule has 1 aromatic carbocycles. The lowest BCUT2D eigenvalue weighted by molar-refractivity contribution is 0.882. The Hall–Kier alpha value is -1.77. The number of aryl methyl sites for hydroxylation is 1. The molecule has 1 heterocycles. The van der Waals surface area contributed by atoms with Crippen LogP contribution < -0.4 is 4.90 Å². The molecule has 0 aliphatic carbocycles. The monoisotopic (exact) mass is 215 g/mol. The topological polar surface area (TPSA) is 31.9 Å². The summed E-state index contributed by atoms with van der Waals surface area (Å²) in [5.41, 5.74) is 3.65. The first-order valence-electron chi connectivity index (χ1n) is 5.45. The third-order valence-corrected chi connectivity index (χ3v) is 2.85. The Bertz CT molecular complexity index is 459. The molecule has 84 valence electrons. The van der Waals surface area contributed by atoms with E-state index in [0.717, 1.165) is 18.1 Å². The lowest BCUT2D eigenvalue weighted by Gasteiger charge is -2.17. The molecule has 0 spiro atoms. The van der Waals surface area contributed by atoms with Gasteiger partial charge < -0.3 is 4.90 Å². The molecule has 0 saturated heterocycles. The first-order chi connectivity index (χ1) is 7.68. The SMILES string of the molecule is Cc1[nH]nc(N(C)Cc2ccccc2)c1C. The van der Waals surface area contributed by atoms with Gasteiger partial charge in [-0.05, 0) is 19.4 Å². The largest absolute Gasteiger partial charge is 0.354 e. The fraction of sp³-hybridized carbons (Fsp3) is 0.308. The van der Waals surface area contributed by atoms with E-state index >= 15 is 0 Å². The van der Waals surface area contributed by atoms with Gasteiger partial charge in [-0.15, -0.1) is 0 Å². The number of aromatic nitrogens is 2. The van der Waals surface area contributed by atoms with Crippen molar-refractivity contribution in [3.63, 3.8) is 0 Å². The van der Waals surface area contributed by atoms with Crippen molar-refractivity contribution < 1.29 is 0 Å². The van der Waals surface area contributed by atoms with E-state index in [1.807, 2.05) is 13.0 Å². The minimum Gasteiger partial charge on any atom is -0.354 e. The number of aromatic amines is 1. The highest BCUT2D eigenvalue weighted by atomic mass is 15.3. The van der Waals surface area contributed by atoms with Gasteiger partial charge in [-0.1, -0.05) is 30.3 Å². The molecule has 0 aliphatic rings. The van der Waals surface area contributed by atoms with Crippen LogP contribution >= 0.6 is 0 Å². The highest BCUT2D eigenvalue weighted by Crippen LogP contribution is 2.19. The maximum absolute atomic E-state index is 4.31. The van der Waals surface area contributed by atoms with Gasteiger partial charge in [0.1, 0.15) is 0 Å². The number of anilines is 1. The molecular formula is C13H17N3. The molecule has 0 amide bonds. The minimum absolute atomic E-state index is 0.881. The van der Waals surface area contributed by atoms with Crippen molar-refractivity contribution in [2.75, 3.05) is 11.9 Å². The molecule has 0 saturated carbocycles. The molecule has 16 heavy (non-hydrogen) atoms. The van der Waals surface area contributed by atoms with Crippen LogP contribution in [0.2, 0.25) is 0 Å². The number of H-pyrrole nitrogens is 1. The number of nitrogens with zero attached hydrogens (tertiary/aromatic N) is 2. The van der Waals surface area contributed by atoms with Crippen LogP contribution in [-0.2, 0) is 6.54 Å². The summed E-state index contributed by atoms with van der Waals surface area (Å²) in [6.45, 7) is 5.02. The molecule has 1 aromatic heterocycles. The van der Waals surface area contributed by atoms with Gasteiger partial charge in [0, 0.05) is 24.8 Å². The van der Waals surface area contributed by atoms with Crippen LogP contribution in [0, 0.1) is 13.8 Å². The fourth-order valence-corrected chi connectivity index (χ4v) is 1.78. The van der Waals surface area contributed by atoms with E-state index in [-0.39, 0.29) is 0 Å². The zero-order chi connectivity index (χ0) is 11.5. The molecule has 0 fully saturated rings. The van der Waals surface area contributed by atoms with Crippen molar-refractivity contribution in [3.8, 4) is 0 Å². The fourth-order valence-electron chi connectivity index (χ4n) is 1.78. The summed E-state index contributed by atoms with van der Waals surface area (Å²) in [6.07, 6.45) is 0. The van der Waals surface area contributed by atoms with Gasteiger partial charge in [0.15, 0.2) is 5.82 Å². The van der Waals surface area contributed by atoms with Gasteiger partial charge in [0.2, 0.25) is 0 Å². The second-order valence-electron chi connectivity index (χ2n) is 4.14. The maximum Gasteiger partial charge on any atom is 0.153 e. The van der Waals surface area contributed by atoms with Gasteiger partial charge in [-0.25, -0.2) is 0 Å². The van der Waals surface area contributed by atoms with Crippen LogP contribution in [0.5, 0.6) is 0 Å². The summed E-state index contributed by atoms with van der Waals surface area (Å²) in [7, 11) is 2.07. The predicted molar refractivity (Wildman–Crippen MR) is 66.6 cm³/mol. The summed E-state index contributed by atoms with van der Waals surface area (Å²) in [5, 5.41) is 7.32. The lowest BCUT2D eigenvalue weighted by Crippen LogP contribution is -2.17. The highest BCUT2D eigenvalue weighted by molar-refractivity contribution is 5.47. The Morgan fingerprint density at radius 3 is 2.44 bits per heavy atom. The standard InChI is InChI=1S/C13H17N3/c1-10-11(2)14-15-13(10)16(3)9-12-7-5-4-6-8-12/h4-8H,9H2,1-3H3,(H,14,15). The Labute approximate surface area is 96.1 Å². The molecule has 0 atom stereocenters. The molecular weight excluding hydrogens is 198 g/mol. The van der Waals surface area contributed by atoms with Crippen LogP contribution in [0.15, 0.2) is 30.3 Å². The first-order valence-corrected chi connectivity index (χ1v) is 5.45. The van der Waals surface area contributed by atoms with E-state index in [1.54, 1.807) is 0 Å². The second-order valence-corrected chi connectivity index (χ2v) is 4.14. The van der Waals surface area contributed by atoms with E-state index in [4.69, 9.17) is 0 Å². The van der Waals surface area contributed by atoms with Gasteiger partial charge in [-0.2, -0.15) is 5.10 Å². The Morgan fingerprint density at radius 2 is 1.88 bits per heavy atom. The molecule has 0 aliphatic heterocycles. The van der Waals surface area contributed by atoms with Crippen molar-refractivity contribution in [1.29, 1.82) is 0 Å². The van der Waals surface area contributed by atoms with E-state index in [1.165, 1.54) is 11.1 Å². The number of hydrogen-bond acceptors (Lipinski definition) is 2. The lowest BCUT2D eigenvalue weighted by atomic mass is 10.2. The maximum atomic E-state index is 4.31. The minimum atomic E-state index is 0.881. The molecule has 3 heteroatoms. The van der Waals surface area contributed by atoms with Crippen LogP contribution in [0.4, 0.5) is 5.82 Å². The molecule has 0 bridgehead atoms. The highest BCUT2D eigenvalue weighted by Gasteiger charge is 2.10. The summed E-state index contributed by atoms with van der Waals surface area (Å²) in [6, 6.07) is 10.4.